The number of hydrogen-bond donors (Lipinski definition) is 1. The molecule has 0 amide bonds. The molecule has 0 unspecified atom stereocenters. The van der Waals surface area contributed by atoms with Gasteiger partial charge in [-0.25, -0.2) is 4.79 Å². The first-order valence-corrected chi connectivity index (χ1v) is 8.65. The Morgan fingerprint density at radius 1 is 1.24 bits per heavy atom. The largest absolute Gasteiger partial charge is 0.478 e. The Kier molecular flexibility index (Phi) is 4.88. The fourth-order valence-electron chi connectivity index (χ4n) is 3.72. The normalized spacial score (nSPS) is 15.2. The molecule has 2 aromatic rings. The molecule has 0 saturated heterocycles. The average Bonchev–Trinajstić information content (AvgIpc) is 2.93. The van der Waals surface area contributed by atoms with E-state index in [9.17, 15) is 20.0 Å². The maximum Gasteiger partial charge on any atom is 0.337 e. The second kappa shape index (κ2) is 7.09. The fourth-order valence-corrected chi connectivity index (χ4v) is 3.72. The van der Waals surface area contributed by atoms with Gasteiger partial charge in [0.2, 0.25) is 0 Å². The Balaban J connectivity index is 2.00. The average molecular weight is 342 g/mol. The lowest BCUT2D eigenvalue weighted by Crippen LogP contribution is -2.16. The van der Waals surface area contributed by atoms with E-state index in [4.69, 9.17) is 0 Å². The van der Waals surface area contributed by atoms with Gasteiger partial charge in [-0.2, -0.15) is 0 Å². The molecule has 0 spiro atoms. The maximum atomic E-state index is 11.6. The minimum absolute atomic E-state index is 0.0318. The number of carboxylic acids is 1. The first kappa shape index (κ1) is 17.2. The van der Waals surface area contributed by atoms with Gasteiger partial charge in [0.05, 0.1) is 10.5 Å². The molecule has 0 atom stereocenters. The van der Waals surface area contributed by atoms with Crippen LogP contribution in [0.5, 0.6) is 0 Å². The second-order valence-electron chi connectivity index (χ2n) is 6.75. The van der Waals surface area contributed by atoms with Crippen LogP contribution >= 0.6 is 0 Å². The van der Waals surface area contributed by atoms with E-state index in [-0.39, 0.29) is 5.69 Å². The number of carboxylic acid groups (broad SMARTS) is 1. The molecule has 0 aliphatic heterocycles. The van der Waals surface area contributed by atoms with E-state index in [1.54, 1.807) is 18.2 Å². The van der Waals surface area contributed by atoms with E-state index < -0.39 is 10.9 Å². The highest BCUT2D eigenvalue weighted by atomic mass is 16.6. The van der Waals surface area contributed by atoms with Crippen LogP contribution in [0.3, 0.4) is 0 Å². The highest BCUT2D eigenvalue weighted by molar-refractivity contribution is 5.91. The number of nitrogens with zero attached hydrogens (tertiary/aromatic N) is 2. The Labute approximate surface area is 146 Å². The van der Waals surface area contributed by atoms with Gasteiger partial charge in [-0.1, -0.05) is 19.3 Å². The lowest BCUT2D eigenvalue weighted by Gasteiger charge is -2.24. The summed E-state index contributed by atoms with van der Waals surface area (Å²) in [7, 11) is 0. The number of benzene rings is 1. The predicted octanol–water partition coefficient (Wildman–Crippen LogP) is 4.65. The van der Waals surface area contributed by atoms with Gasteiger partial charge in [-0.05, 0) is 49.4 Å². The molecule has 1 aliphatic rings. The van der Waals surface area contributed by atoms with Gasteiger partial charge in [0.1, 0.15) is 0 Å². The number of carbonyl (C=O) groups is 1. The molecule has 25 heavy (non-hydrogen) atoms. The van der Waals surface area contributed by atoms with Gasteiger partial charge in [0.15, 0.2) is 0 Å². The lowest BCUT2D eigenvalue weighted by molar-refractivity contribution is -0.384. The van der Waals surface area contributed by atoms with Gasteiger partial charge in [-0.15, -0.1) is 0 Å². The summed E-state index contributed by atoms with van der Waals surface area (Å²) in [5.41, 5.74) is 2.69. The van der Waals surface area contributed by atoms with E-state index in [1.807, 2.05) is 6.92 Å². The van der Waals surface area contributed by atoms with E-state index >= 15 is 0 Å². The van der Waals surface area contributed by atoms with Gasteiger partial charge >= 0.3 is 5.97 Å². The van der Waals surface area contributed by atoms with Gasteiger partial charge in [0.25, 0.3) is 5.69 Å². The van der Waals surface area contributed by atoms with Crippen molar-refractivity contribution in [2.75, 3.05) is 0 Å². The molecule has 1 aromatic heterocycles. The van der Waals surface area contributed by atoms with E-state index in [2.05, 4.69) is 4.57 Å². The van der Waals surface area contributed by atoms with Crippen LogP contribution in [-0.4, -0.2) is 20.6 Å². The van der Waals surface area contributed by atoms with Crippen molar-refractivity contribution in [2.45, 2.75) is 45.6 Å². The second-order valence-corrected chi connectivity index (χ2v) is 6.75. The van der Waals surface area contributed by atoms with Crippen molar-refractivity contribution in [1.82, 2.24) is 4.57 Å². The summed E-state index contributed by atoms with van der Waals surface area (Å²) in [4.78, 5) is 22.0. The monoisotopic (exact) mass is 342 g/mol. The van der Waals surface area contributed by atoms with Crippen molar-refractivity contribution in [3.8, 4) is 11.3 Å². The van der Waals surface area contributed by atoms with E-state index in [0.29, 0.717) is 11.5 Å². The van der Waals surface area contributed by atoms with Crippen molar-refractivity contribution in [3.63, 3.8) is 0 Å². The quantitative estimate of drug-likeness (QED) is 0.633. The number of nitro benzene ring substituents is 1. The summed E-state index contributed by atoms with van der Waals surface area (Å²) in [6.45, 7) is 2.63. The molecular formula is C19H22N2O4. The summed E-state index contributed by atoms with van der Waals surface area (Å²) in [5.74, 6) is -0.388. The number of non-ortho nitro benzene ring substituents is 1. The third-order valence-corrected chi connectivity index (χ3v) is 5.14. The number of rotatable bonds is 5. The third-order valence-electron chi connectivity index (χ3n) is 5.14. The first-order valence-electron chi connectivity index (χ1n) is 8.65. The Bertz CT molecular complexity index is 787. The topological polar surface area (TPSA) is 85.4 Å². The molecule has 1 N–H and O–H groups in total. The van der Waals surface area contributed by atoms with Crippen molar-refractivity contribution >= 4 is 11.7 Å². The zero-order valence-corrected chi connectivity index (χ0v) is 14.3. The van der Waals surface area contributed by atoms with Crippen LogP contribution in [0, 0.1) is 23.0 Å². The molecule has 0 radical (unpaired) electrons. The van der Waals surface area contributed by atoms with Gasteiger partial charge in [0, 0.05) is 30.1 Å². The molecule has 1 saturated carbocycles. The smallest absolute Gasteiger partial charge is 0.337 e. The lowest BCUT2D eigenvalue weighted by atomic mass is 9.89. The molecule has 132 valence electrons. The van der Waals surface area contributed by atoms with Crippen molar-refractivity contribution in [1.29, 1.82) is 0 Å². The standard InChI is InChI=1S/C19H22N2O4/c1-13-17(19(22)23)11-18(15-7-9-16(10-8-15)21(24)25)20(13)12-14-5-3-2-4-6-14/h7-11,14H,2-6,12H2,1H3,(H,22,23). The Hall–Kier alpha value is -2.63. The number of aromatic carboxylic acids is 1. The molecule has 1 fully saturated rings. The van der Waals surface area contributed by atoms with Crippen LogP contribution in [0.15, 0.2) is 30.3 Å². The zero-order chi connectivity index (χ0) is 18.0. The SMILES string of the molecule is Cc1c(C(=O)O)cc(-c2ccc([N+](=O)[O-])cc2)n1CC1CCCCC1. The Morgan fingerprint density at radius 2 is 1.88 bits per heavy atom. The number of hydrogen-bond acceptors (Lipinski definition) is 3. The van der Waals surface area contributed by atoms with Gasteiger partial charge < -0.3 is 9.67 Å². The molecular weight excluding hydrogens is 320 g/mol. The van der Waals surface area contributed by atoms with Crippen LogP contribution in [0.2, 0.25) is 0 Å². The minimum atomic E-state index is -0.942. The number of nitro groups is 1. The minimum Gasteiger partial charge on any atom is -0.478 e. The third kappa shape index (κ3) is 3.57. The van der Waals surface area contributed by atoms with Crippen LogP contribution in [0.4, 0.5) is 5.69 Å². The zero-order valence-electron chi connectivity index (χ0n) is 14.3. The summed E-state index contributed by atoms with van der Waals surface area (Å²) in [6, 6.07) is 7.99. The first-order chi connectivity index (χ1) is 12.0. The molecule has 6 heteroatoms. The molecule has 1 heterocycles. The number of aromatic nitrogens is 1. The van der Waals surface area contributed by atoms with Crippen LogP contribution < -0.4 is 0 Å². The fraction of sp³-hybridized carbons (Fsp3) is 0.421. The van der Waals surface area contributed by atoms with E-state index in [0.717, 1.165) is 23.5 Å². The summed E-state index contributed by atoms with van der Waals surface area (Å²) in [5, 5.41) is 20.3. The van der Waals surface area contributed by atoms with Crippen molar-refractivity contribution < 1.29 is 14.8 Å². The maximum absolute atomic E-state index is 11.6. The van der Waals surface area contributed by atoms with E-state index in [1.165, 1.54) is 44.2 Å². The highest BCUT2D eigenvalue weighted by Gasteiger charge is 2.22. The molecule has 1 aromatic carbocycles. The van der Waals surface area contributed by atoms with Crippen molar-refractivity contribution in [3.05, 3.63) is 51.7 Å². The summed E-state index contributed by atoms with van der Waals surface area (Å²) in [6.07, 6.45) is 6.06. The van der Waals surface area contributed by atoms with Crippen LogP contribution in [0.25, 0.3) is 11.3 Å². The summed E-state index contributed by atoms with van der Waals surface area (Å²) >= 11 is 0. The summed E-state index contributed by atoms with van der Waals surface area (Å²) < 4.78 is 2.07. The van der Waals surface area contributed by atoms with Crippen molar-refractivity contribution in [2.24, 2.45) is 5.92 Å². The molecule has 3 rings (SSSR count). The predicted molar refractivity (Wildman–Crippen MR) is 94.8 cm³/mol. The van der Waals surface area contributed by atoms with Gasteiger partial charge in [-0.3, -0.25) is 10.1 Å². The Morgan fingerprint density at radius 3 is 2.44 bits per heavy atom. The molecule has 0 bridgehead atoms. The van der Waals surface area contributed by atoms with Crippen LogP contribution in [0.1, 0.15) is 48.2 Å². The highest BCUT2D eigenvalue weighted by Crippen LogP contribution is 2.32. The molecule has 6 nitrogen and oxygen atoms in total. The molecule has 1 aliphatic carbocycles. The van der Waals surface area contributed by atoms with Crippen LogP contribution in [-0.2, 0) is 6.54 Å².